The predicted molar refractivity (Wildman–Crippen MR) is 129 cm³/mol. The number of alkyl halides is 6. The van der Waals surface area contributed by atoms with E-state index < -0.39 is 63.5 Å². The summed E-state index contributed by atoms with van der Waals surface area (Å²) in [5, 5.41) is 9.20. The van der Waals surface area contributed by atoms with Crippen LogP contribution in [0, 0.1) is 11.2 Å². The van der Waals surface area contributed by atoms with Gasteiger partial charge in [-0.3, -0.25) is 9.00 Å². The van der Waals surface area contributed by atoms with Crippen molar-refractivity contribution >= 4 is 28.1 Å². The van der Waals surface area contributed by atoms with E-state index in [1.807, 2.05) is 0 Å². The minimum absolute atomic E-state index is 0.0625. The largest absolute Gasteiger partial charge is 0.492 e. The number of aliphatic carboxylic acids is 1. The minimum Gasteiger partial charge on any atom is -0.492 e. The monoisotopic (exact) mass is 571 g/mol. The van der Waals surface area contributed by atoms with Crippen LogP contribution in [0.4, 0.5) is 42.1 Å². The van der Waals surface area contributed by atoms with Crippen LogP contribution < -0.4 is 9.64 Å². The highest BCUT2D eigenvalue weighted by Crippen LogP contribution is 2.45. The highest BCUT2D eigenvalue weighted by Gasteiger charge is 2.39. The predicted octanol–water partition coefficient (Wildman–Crippen LogP) is 7.33. The van der Waals surface area contributed by atoms with Crippen molar-refractivity contribution in [3.8, 4) is 5.75 Å². The van der Waals surface area contributed by atoms with E-state index in [2.05, 4.69) is 0 Å². The first-order chi connectivity index (χ1) is 17.4. The average molecular weight is 572 g/mol. The van der Waals surface area contributed by atoms with Gasteiger partial charge in [-0.25, -0.2) is 17.6 Å². The van der Waals surface area contributed by atoms with Gasteiger partial charge in [0.15, 0.2) is 5.50 Å². The number of anilines is 2. The molecule has 1 aliphatic heterocycles. The van der Waals surface area contributed by atoms with Gasteiger partial charge >= 0.3 is 12.1 Å². The van der Waals surface area contributed by atoms with E-state index in [4.69, 9.17) is 4.74 Å². The van der Waals surface area contributed by atoms with Crippen molar-refractivity contribution in [1.82, 2.24) is 0 Å². The molecule has 0 fully saturated rings. The van der Waals surface area contributed by atoms with Crippen molar-refractivity contribution in [1.29, 1.82) is 0 Å². The third-order valence-electron chi connectivity index (χ3n) is 5.61. The zero-order valence-corrected chi connectivity index (χ0v) is 21.9. The maximum absolute atomic E-state index is 14.5. The molecule has 0 saturated heterocycles. The van der Waals surface area contributed by atoms with E-state index in [-0.39, 0.29) is 30.0 Å². The number of nitrogens with zero attached hydrogens (tertiary/aromatic N) is 1. The second kappa shape index (κ2) is 11.9. The van der Waals surface area contributed by atoms with Crippen LogP contribution in [0.15, 0.2) is 41.3 Å². The Morgan fingerprint density at radius 3 is 2.13 bits per heavy atom. The Bertz CT molecular complexity index is 1150. The summed E-state index contributed by atoms with van der Waals surface area (Å²) in [6.45, 7) is 4.23. The quantitative estimate of drug-likeness (QED) is 0.368. The lowest BCUT2D eigenvalue weighted by atomic mass is 9.95. The first kappa shape index (κ1) is 31.4. The molecule has 0 amide bonds. The summed E-state index contributed by atoms with van der Waals surface area (Å²) in [6.07, 6.45) is -5.19. The maximum Gasteiger partial charge on any atom is 0.420 e. The second-order valence-electron chi connectivity index (χ2n) is 9.34. The Morgan fingerprint density at radius 2 is 1.66 bits per heavy atom. The van der Waals surface area contributed by atoms with Crippen molar-refractivity contribution < 1.29 is 49.6 Å². The van der Waals surface area contributed by atoms with Crippen molar-refractivity contribution in [3.63, 3.8) is 0 Å². The van der Waals surface area contributed by atoms with Crippen LogP contribution in [0.5, 0.6) is 5.75 Å². The third-order valence-corrected chi connectivity index (χ3v) is 7.07. The number of fused-ring (bicyclic) bond motifs is 1. The van der Waals surface area contributed by atoms with Gasteiger partial charge in [0.25, 0.3) is 0 Å². The number of hydrogen-bond donors (Lipinski definition) is 1. The molecule has 2 unspecified atom stereocenters. The van der Waals surface area contributed by atoms with Crippen molar-refractivity contribution in [2.45, 2.75) is 63.0 Å². The molecule has 3 rings (SSSR count). The summed E-state index contributed by atoms with van der Waals surface area (Å²) in [5.74, 6) is -5.04. The summed E-state index contributed by atoms with van der Waals surface area (Å²) in [6, 6.07) is 6.43. The highest BCUT2D eigenvalue weighted by atomic mass is 32.2. The van der Waals surface area contributed by atoms with Gasteiger partial charge in [0, 0.05) is 25.1 Å². The number of halogens is 7. The van der Waals surface area contributed by atoms with Gasteiger partial charge < -0.3 is 14.7 Å². The number of benzene rings is 2. The molecule has 0 aromatic heterocycles. The fraction of sp³-hybridized carbons (Fsp3) is 0.480. The molecule has 0 spiro atoms. The third kappa shape index (κ3) is 8.08. The zero-order chi connectivity index (χ0) is 29.1. The molecule has 13 heteroatoms. The normalized spacial score (nSPS) is 18.1. The molecule has 0 radical (unpaired) electrons. The van der Waals surface area contributed by atoms with Crippen LogP contribution in [0.1, 0.15) is 46.1 Å². The Morgan fingerprint density at radius 1 is 1.11 bits per heavy atom. The van der Waals surface area contributed by atoms with E-state index in [0.29, 0.717) is 11.8 Å². The lowest BCUT2D eigenvalue weighted by Crippen LogP contribution is -2.31. The summed E-state index contributed by atoms with van der Waals surface area (Å²) < 4.78 is 110. The zero-order valence-electron chi connectivity index (χ0n) is 21.0. The molecule has 2 aromatic rings. The fourth-order valence-electron chi connectivity index (χ4n) is 3.07. The minimum atomic E-state index is -4.89. The highest BCUT2D eigenvalue weighted by molar-refractivity contribution is 7.85. The Balaban J connectivity index is 0.000000757. The number of hydrogen-bond acceptors (Lipinski definition) is 4. The lowest BCUT2D eigenvalue weighted by Gasteiger charge is -2.27. The Hall–Kier alpha value is -2.83. The van der Waals surface area contributed by atoms with E-state index in [9.17, 15) is 44.8 Å². The maximum atomic E-state index is 14.5. The van der Waals surface area contributed by atoms with E-state index >= 15 is 0 Å². The summed E-state index contributed by atoms with van der Waals surface area (Å²) in [7, 11) is -2.30. The first-order valence-corrected chi connectivity index (χ1v) is 12.7. The van der Waals surface area contributed by atoms with Gasteiger partial charge in [0.2, 0.25) is 5.92 Å². The molecule has 1 aliphatic rings. The second-order valence-corrected chi connectivity index (χ2v) is 10.9. The smallest absolute Gasteiger partial charge is 0.420 e. The van der Waals surface area contributed by atoms with E-state index in [1.165, 1.54) is 37.8 Å². The summed E-state index contributed by atoms with van der Waals surface area (Å²) in [5.41, 5.74) is -4.42. The van der Waals surface area contributed by atoms with Crippen LogP contribution >= 0.6 is 0 Å². The molecule has 212 valence electrons. The molecule has 38 heavy (non-hydrogen) atoms. The number of rotatable bonds is 6. The molecular weight excluding hydrogens is 543 g/mol. The Kier molecular flexibility index (Phi) is 9.84. The number of carboxylic acids is 1. The van der Waals surface area contributed by atoms with Gasteiger partial charge in [-0.1, -0.05) is 6.92 Å². The van der Waals surface area contributed by atoms with Crippen LogP contribution in [0.3, 0.4) is 0 Å². The molecule has 0 aliphatic carbocycles. The number of carboxylic acid groups (broad SMARTS) is 1. The summed E-state index contributed by atoms with van der Waals surface area (Å²) in [4.78, 5) is 12.4. The topological polar surface area (TPSA) is 66.8 Å². The van der Waals surface area contributed by atoms with Gasteiger partial charge in [0.05, 0.1) is 32.4 Å². The van der Waals surface area contributed by atoms with Gasteiger partial charge in [-0.05, 0) is 57.2 Å². The Labute approximate surface area is 218 Å². The van der Waals surface area contributed by atoms with Crippen LogP contribution in [0.25, 0.3) is 0 Å². The van der Waals surface area contributed by atoms with E-state index in [0.717, 1.165) is 25.1 Å². The SMILES string of the molecule is CC(C)(COc1cc2c(cc1C(F)(F)F)N(c1ccc(F)cc1)CCC(F)S2=O)C(=O)O.CCC(C)(F)F. The molecule has 1 N–H and O–H groups in total. The van der Waals surface area contributed by atoms with Crippen LogP contribution in [-0.2, 0) is 21.8 Å². The van der Waals surface area contributed by atoms with Gasteiger partial charge in [-0.2, -0.15) is 13.2 Å². The van der Waals surface area contributed by atoms with Crippen molar-refractivity contribution in [2.75, 3.05) is 18.1 Å². The number of ether oxygens (including phenoxy) is 1. The number of carbonyl (C=O) groups is 1. The molecule has 2 aromatic carbocycles. The van der Waals surface area contributed by atoms with E-state index in [1.54, 1.807) is 0 Å². The lowest BCUT2D eigenvalue weighted by molar-refractivity contribution is -0.148. The van der Waals surface area contributed by atoms with Crippen LogP contribution in [-0.4, -0.2) is 39.9 Å². The molecule has 0 saturated carbocycles. The van der Waals surface area contributed by atoms with Gasteiger partial charge in [0.1, 0.15) is 18.2 Å². The van der Waals surface area contributed by atoms with Crippen molar-refractivity contribution in [3.05, 3.63) is 47.8 Å². The van der Waals surface area contributed by atoms with Gasteiger partial charge in [-0.15, -0.1) is 0 Å². The molecule has 1 heterocycles. The molecule has 0 bridgehead atoms. The van der Waals surface area contributed by atoms with Crippen molar-refractivity contribution in [2.24, 2.45) is 5.41 Å². The summed E-state index contributed by atoms with van der Waals surface area (Å²) >= 11 is 0. The van der Waals surface area contributed by atoms with Crippen LogP contribution in [0.2, 0.25) is 0 Å². The first-order valence-electron chi connectivity index (χ1n) is 11.4. The molecular formula is C25H28F7NO4S. The fourth-order valence-corrected chi connectivity index (χ4v) is 4.26. The molecule has 2 atom stereocenters. The average Bonchev–Trinajstić information content (AvgIpc) is 2.93. The standard InChI is InChI=1S/C21H20F5NO4S.C4H8F2/c1-20(2,19(28)29)11-31-16-10-17-15(9-14(16)21(24,25)26)27(8-7-18(23)32(17)30)13-5-3-12(22)4-6-13;1-3-4(2,5)6/h3-6,9-10,18H,7-8,11H2,1-2H3,(H,28,29);3H2,1-2H3. The molecule has 5 nitrogen and oxygen atoms in total.